The average molecular weight is 543 g/mol. The molecule has 1 N–H and O–H groups in total. The molecule has 5 heteroatoms. The minimum absolute atomic E-state index is 0. The molecule has 2 heterocycles. The van der Waals surface area contributed by atoms with Gasteiger partial charge in [-0.3, -0.25) is 0 Å². The summed E-state index contributed by atoms with van der Waals surface area (Å²) in [6, 6.07) is 17.5. The van der Waals surface area contributed by atoms with Crippen LogP contribution in [0.2, 0.25) is 0 Å². The van der Waals surface area contributed by atoms with Gasteiger partial charge in [0.25, 0.3) is 0 Å². The molecule has 2 saturated carbocycles. The number of benzene rings is 2. The largest absolute Gasteiger partial charge is 0.392 e. The standard InChI is InChI=1S/C19H26O3.C13H17O.V/c1-2-4-15(5-3-1)16-8-6-14(7-9-16)12-21-18-13-22-17-10-11-20-19(17)18;14-10-11-6-8-13(9-7-11)12-4-2-1-3-5-12;/h6-9,15,17-19H,1-5,10-13H2;1,6-9,12,14H,2-5,10H2;/q;-1;/t17-,18?,19+;;/m1../s1. The van der Waals surface area contributed by atoms with Gasteiger partial charge in [0.2, 0.25) is 0 Å². The fourth-order valence-corrected chi connectivity index (χ4v) is 6.25. The van der Waals surface area contributed by atoms with Gasteiger partial charge in [-0.2, -0.15) is 12.8 Å². The van der Waals surface area contributed by atoms with Gasteiger partial charge < -0.3 is 25.7 Å². The maximum absolute atomic E-state index is 8.93. The van der Waals surface area contributed by atoms with Crippen LogP contribution >= 0.6 is 0 Å². The molecular weight excluding hydrogens is 499 g/mol. The van der Waals surface area contributed by atoms with E-state index in [0.29, 0.717) is 13.2 Å². The first-order chi connectivity index (χ1) is 17.8. The van der Waals surface area contributed by atoms with Gasteiger partial charge in [-0.05, 0) is 53.4 Å². The van der Waals surface area contributed by atoms with Crippen LogP contribution in [0.4, 0.5) is 0 Å². The molecule has 0 amide bonds. The van der Waals surface area contributed by atoms with Crippen LogP contribution < -0.4 is 0 Å². The minimum Gasteiger partial charge on any atom is -0.392 e. The van der Waals surface area contributed by atoms with E-state index in [1.165, 1.54) is 74.5 Å². The van der Waals surface area contributed by atoms with E-state index >= 15 is 0 Å². The summed E-state index contributed by atoms with van der Waals surface area (Å²) in [5.74, 6) is 1.52. The van der Waals surface area contributed by atoms with Crippen molar-refractivity contribution < 1.29 is 37.9 Å². The van der Waals surface area contributed by atoms with Crippen molar-refractivity contribution >= 4 is 0 Å². The van der Waals surface area contributed by atoms with Crippen molar-refractivity contribution in [3.05, 3.63) is 77.2 Å². The summed E-state index contributed by atoms with van der Waals surface area (Å²) in [7, 11) is 0. The molecule has 0 bridgehead atoms. The Morgan fingerprint density at radius 1 is 0.757 bits per heavy atom. The van der Waals surface area contributed by atoms with Gasteiger partial charge in [0, 0.05) is 25.2 Å². The molecule has 1 radical (unpaired) electrons. The minimum atomic E-state index is 0. The van der Waals surface area contributed by atoms with Gasteiger partial charge in [0.15, 0.2) is 0 Å². The van der Waals surface area contributed by atoms with E-state index in [-0.39, 0.29) is 43.5 Å². The van der Waals surface area contributed by atoms with E-state index in [1.54, 1.807) is 0 Å². The van der Waals surface area contributed by atoms with Crippen LogP contribution in [-0.2, 0) is 46.0 Å². The molecular formula is C32H43O4V-. The zero-order valence-electron chi connectivity index (χ0n) is 22.1. The Kier molecular flexibility index (Phi) is 11.6. The fraction of sp³-hybridized carbons (Fsp3) is 0.594. The Morgan fingerprint density at radius 2 is 1.38 bits per heavy atom. The number of aliphatic hydroxyl groups is 1. The van der Waals surface area contributed by atoms with E-state index in [1.807, 2.05) is 12.1 Å². The topological polar surface area (TPSA) is 47.9 Å². The SMILES string of the molecule is OCc1ccc(C2CC[CH-]CC2)cc1.[V].c1cc(C2CCCCC2)ccc1COC1CO[C@@H]2CCO[C@H]12. The van der Waals surface area contributed by atoms with E-state index in [4.69, 9.17) is 19.3 Å². The molecule has 2 aliphatic carbocycles. The fourth-order valence-electron chi connectivity index (χ4n) is 6.25. The van der Waals surface area contributed by atoms with Gasteiger partial charge in [-0.15, -0.1) is 0 Å². The normalized spacial score (nSPS) is 26.1. The van der Waals surface area contributed by atoms with E-state index < -0.39 is 0 Å². The summed E-state index contributed by atoms with van der Waals surface area (Å²) >= 11 is 0. The Hall–Kier alpha value is -1.14. The molecule has 37 heavy (non-hydrogen) atoms. The number of fused-ring (bicyclic) bond motifs is 1. The van der Waals surface area contributed by atoms with Gasteiger partial charge in [-0.25, -0.2) is 0 Å². The Morgan fingerprint density at radius 3 is 2.03 bits per heavy atom. The zero-order chi connectivity index (χ0) is 24.6. The molecule has 4 aliphatic rings. The molecule has 3 atom stereocenters. The van der Waals surface area contributed by atoms with Gasteiger partial charge in [-0.1, -0.05) is 80.6 Å². The van der Waals surface area contributed by atoms with Crippen LogP contribution in [0.1, 0.15) is 98.3 Å². The van der Waals surface area contributed by atoms with Crippen LogP contribution in [-0.4, -0.2) is 36.6 Å². The number of ether oxygens (including phenoxy) is 3. The quantitative estimate of drug-likeness (QED) is 0.406. The van der Waals surface area contributed by atoms with Gasteiger partial charge in [0.05, 0.1) is 25.9 Å². The van der Waals surface area contributed by atoms with Crippen LogP contribution in [0.3, 0.4) is 0 Å². The second-order valence-electron chi connectivity index (χ2n) is 11.0. The zero-order valence-corrected chi connectivity index (χ0v) is 23.5. The van der Waals surface area contributed by atoms with E-state index in [9.17, 15) is 0 Å². The van der Waals surface area contributed by atoms with Crippen molar-refractivity contribution in [3.63, 3.8) is 0 Å². The first kappa shape index (κ1) is 28.9. The summed E-state index contributed by atoms with van der Waals surface area (Å²) < 4.78 is 17.5. The van der Waals surface area contributed by atoms with Crippen molar-refractivity contribution in [3.8, 4) is 0 Å². The molecule has 201 valence electrons. The smallest absolute Gasteiger partial charge is 0.112 e. The number of aliphatic hydroxyl groups excluding tert-OH is 1. The van der Waals surface area contributed by atoms with Crippen molar-refractivity contribution in [1.82, 2.24) is 0 Å². The number of rotatable bonds is 6. The summed E-state index contributed by atoms with van der Waals surface area (Å²) in [4.78, 5) is 0. The molecule has 0 spiro atoms. The third-order valence-corrected chi connectivity index (χ3v) is 8.51. The van der Waals surface area contributed by atoms with Crippen molar-refractivity contribution in [1.29, 1.82) is 0 Å². The number of hydrogen-bond acceptors (Lipinski definition) is 4. The molecule has 0 aromatic heterocycles. The Labute approximate surface area is 235 Å². The summed E-state index contributed by atoms with van der Waals surface area (Å²) in [5.41, 5.74) is 5.21. The summed E-state index contributed by atoms with van der Waals surface area (Å²) in [5, 5.41) is 8.93. The van der Waals surface area contributed by atoms with Crippen LogP contribution in [0.25, 0.3) is 0 Å². The molecule has 1 unspecified atom stereocenters. The predicted molar refractivity (Wildman–Crippen MR) is 143 cm³/mol. The Balaban J connectivity index is 0.000000186. The third kappa shape index (κ3) is 7.94. The van der Waals surface area contributed by atoms with Gasteiger partial charge in [0.1, 0.15) is 12.2 Å². The number of hydrogen-bond donors (Lipinski definition) is 1. The molecule has 2 aliphatic heterocycles. The summed E-state index contributed by atoms with van der Waals surface area (Å²) in [6.45, 7) is 2.30. The second-order valence-corrected chi connectivity index (χ2v) is 11.0. The average Bonchev–Trinajstić information content (AvgIpc) is 3.58. The maximum atomic E-state index is 8.93. The van der Waals surface area contributed by atoms with E-state index in [0.717, 1.165) is 30.4 Å². The first-order valence-electron chi connectivity index (χ1n) is 14.2. The predicted octanol–water partition coefficient (Wildman–Crippen LogP) is 6.85. The molecule has 4 nitrogen and oxygen atoms in total. The van der Waals surface area contributed by atoms with Gasteiger partial charge >= 0.3 is 0 Å². The van der Waals surface area contributed by atoms with E-state index in [2.05, 4.69) is 42.8 Å². The van der Waals surface area contributed by atoms with Crippen molar-refractivity contribution in [2.75, 3.05) is 13.2 Å². The third-order valence-electron chi connectivity index (χ3n) is 8.51. The molecule has 4 fully saturated rings. The molecule has 2 aromatic rings. The molecule has 6 rings (SSSR count). The van der Waals surface area contributed by atoms with Crippen molar-refractivity contribution in [2.45, 2.75) is 108 Å². The Bertz CT molecular complexity index is 903. The summed E-state index contributed by atoms with van der Waals surface area (Å²) in [6.07, 6.45) is 15.9. The van der Waals surface area contributed by atoms with Crippen LogP contribution in [0.15, 0.2) is 48.5 Å². The molecule has 2 saturated heterocycles. The monoisotopic (exact) mass is 542 g/mol. The van der Waals surface area contributed by atoms with Crippen LogP contribution in [0.5, 0.6) is 0 Å². The molecule has 2 aromatic carbocycles. The van der Waals surface area contributed by atoms with Crippen molar-refractivity contribution in [2.24, 2.45) is 0 Å². The maximum Gasteiger partial charge on any atom is 0.112 e. The second kappa shape index (κ2) is 14.9. The first-order valence-corrected chi connectivity index (χ1v) is 14.2. The van der Waals surface area contributed by atoms with Crippen LogP contribution in [0, 0.1) is 6.42 Å².